The highest BCUT2D eigenvalue weighted by atomic mass is 35.5. The van der Waals surface area contributed by atoms with Gasteiger partial charge in [-0.1, -0.05) is 23.7 Å². The molecule has 0 bridgehead atoms. The molecule has 1 atom stereocenters. The van der Waals surface area contributed by atoms with Crippen LogP contribution in [-0.2, 0) is 19.8 Å². The first kappa shape index (κ1) is 35.0. The van der Waals surface area contributed by atoms with Crippen molar-refractivity contribution in [2.75, 3.05) is 30.9 Å². The predicted molar refractivity (Wildman–Crippen MR) is 165 cm³/mol. The Balaban J connectivity index is 1.46. The first-order chi connectivity index (χ1) is 22.0. The summed E-state index contributed by atoms with van der Waals surface area (Å²) in [6, 6.07) is 11.2. The van der Waals surface area contributed by atoms with Crippen LogP contribution >= 0.6 is 11.6 Å². The average Bonchev–Trinajstić information content (AvgIpc) is 3.77. The smallest absolute Gasteiger partial charge is 0.422 e. The monoisotopic (exact) mass is 679 g/mol. The van der Waals surface area contributed by atoms with Gasteiger partial charge in [0.15, 0.2) is 6.61 Å². The lowest BCUT2D eigenvalue weighted by molar-refractivity contribution is -0.154. The maximum Gasteiger partial charge on any atom is 0.422 e. The predicted octanol–water partition coefficient (Wildman–Crippen LogP) is 5.11. The van der Waals surface area contributed by atoms with E-state index in [1.54, 1.807) is 32.9 Å². The molecule has 1 aromatic heterocycles. The molecule has 4 N–H and O–H groups in total. The number of aromatic nitrogens is 3. The standard InChI is InChI=1S/C30H33ClF3N7O6/c1-28(2,3)47-27(44)35-15-21(23(43)45-4)37-22(42)17-5-11-20(12-6-17)36-24-38-25(40-26(39-24)46-16-30(32,33)34)41-29(13-14-29)18-7-9-19(31)10-8-18/h5-12,21H,13-16H2,1-4H3,(H,35,44)(H,37,42)(H2,36,38,39,40,41). The van der Waals surface area contributed by atoms with E-state index in [-0.39, 0.29) is 24.0 Å². The summed E-state index contributed by atoms with van der Waals surface area (Å²) in [5.41, 5.74) is 0.114. The molecule has 252 valence electrons. The van der Waals surface area contributed by atoms with Gasteiger partial charge in [-0.2, -0.15) is 28.1 Å². The minimum absolute atomic E-state index is 0.0167. The van der Waals surface area contributed by atoms with E-state index in [4.69, 9.17) is 25.8 Å². The third-order valence-corrected chi connectivity index (χ3v) is 6.77. The summed E-state index contributed by atoms with van der Waals surface area (Å²) in [7, 11) is 1.14. The van der Waals surface area contributed by atoms with E-state index in [1.807, 2.05) is 12.1 Å². The number of methoxy groups -OCH3 is 1. The zero-order valence-corrected chi connectivity index (χ0v) is 26.6. The fourth-order valence-electron chi connectivity index (χ4n) is 4.18. The molecule has 2 aromatic carbocycles. The Morgan fingerprint density at radius 1 is 0.957 bits per heavy atom. The maximum absolute atomic E-state index is 12.9. The van der Waals surface area contributed by atoms with Crippen molar-refractivity contribution in [2.45, 2.75) is 57.0 Å². The molecule has 1 saturated carbocycles. The summed E-state index contributed by atoms with van der Waals surface area (Å²) in [5, 5.41) is 11.5. The van der Waals surface area contributed by atoms with Crippen LogP contribution in [0.4, 0.5) is 35.5 Å². The summed E-state index contributed by atoms with van der Waals surface area (Å²) < 4.78 is 53.3. The normalized spacial score (nSPS) is 14.3. The molecule has 0 spiro atoms. The molecule has 1 heterocycles. The second-order valence-corrected chi connectivity index (χ2v) is 12.0. The van der Waals surface area contributed by atoms with Gasteiger partial charge >= 0.3 is 24.2 Å². The number of carbonyl (C=O) groups excluding carboxylic acids is 3. The van der Waals surface area contributed by atoms with Crippen molar-refractivity contribution in [2.24, 2.45) is 0 Å². The van der Waals surface area contributed by atoms with Gasteiger partial charge in [-0.25, -0.2) is 9.59 Å². The molecule has 13 nitrogen and oxygen atoms in total. The molecule has 0 saturated heterocycles. The molecule has 17 heteroatoms. The number of rotatable bonds is 12. The molecule has 3 aromatic rings. The second-order valence-electron chi connectivity index (χ2n) is 11.5. The van der Waals surface area contributed by atoms with Gasteiger partial charge in [0.05, 0.1) is 19.2 Å². The Morgan fingerprint density at radius 3 is 2.17 bits per heavy atom. The lowest BCUT2D eigenvalue weighted by Crippen LogP contribution is -2.49. The Kier molecular flexibility index (Phi) is 10.6. The van der Waals surface area contributed by atoms with Crippen LogP contribution in [0.3, 0.4) is 0 Å². The summed E-state index contributed by atoms with van der Waals surface area (Å²) >= 11 is 6.01. The summed E-state index contributed by atoms with van der Waals surface area (Å²) in [6.07, 6.45) is -3.96. The highest BCUT2D eigenvalue weighted by molar-refractivity contribution is 6.30. The topological polar surface area (TPSA) is 166 Å². The van der Waals surface area contributed by atoms with Crippen LogP contribution in [0, 0.1) is 0 Å². The Labute approximate surface area is 272 Å². The zero-order chi connectivity index (χ0) is 34.4. The van der Waals surface area contributed by atoms with Gasteiger partial charge in [0.2, 0.25) is 11.9 Å². The Hall–Kier alpha value is -4.86. The summed E-state index contributed by atoms with van der Waals surface area (Å²) in [4.78, 5) is 49.4. The van der Waals surface area contributed by atoms with E-state index in [1.165, 1.54) is 24.3 Å². The number of esters is 1. The number of amides is 2. The lowest BCUT2D eigenvalue weighted by atomic mass is 10.1. The second kappa shape index (κ2) is 14.3. The molecule has 1 aliphatic carbocycles. The van der Waals surface area contributed by atoms with Gasteiger partial charge in [-0.15, -0.1) is 0 Å². The molecule has 1 unspecified atom stereocenters. The number of benzene rings is 2. The third kappa shape index (κ3) is 10.6. The van der Waals surface area contributed by atoms with E-state index in [0.29, 0.717) is 10.7 Å². The molecule has 1 aliphatic rings. The summed E-state index contributed by atoms with van der Waals surface area (Å²) in [5.74, 6) is -1.58. The van der Waals surface area contributed by atoms with Crippen molar-refractivity contribution >= 4 is 47.2 Å². The minimum Gasteiger partial charge on any atom is -0.467 e. The van der Waals surface area contributed by atoms with E-state index >= 15 is 0 Å². The molecule has 4 rings (SSSR count). The van der Waals surface area contributed by atoms with Gasteiger partial charge in [0.1, 0.15) is 11.6 Å². The van der Waals surface area contributed by atoms with E-state index in [9.17, 15) is 27.6 Å². The van der Waals surface area contributed by atoms with Gasteiger partial charge in [-0.3, -0.25) is 4.79 Å². The van der Waals surface area contributed by atoms with Gasteiger partial charge in [0, 0.05) is 16.3 Å². The molecule has 1 fully saturated rings. The SMILES string of the molecule is COC(=O)C(CNC(=O)OC(C)(C)C)NC(=O)c1ccc(Nc2nc(NC3(c4ccc(Cl)cc4)CC3)nc(OCC(F)(F)F)n2)cc1. The molecule has 2 amide bonds. The molecular weight excluding hydrogens is 647 g/mol. The highest BCUT2D eigenvalue weighted by Crippen LogP contribution is 2.48. The van der Waals surface area contributed by atoms with Gasteiger partial charge < -0.3 is 35.5 Å². The Morgan fingerprint density at radius 2 is 1.60 bits per heavy atom. The fourth-order valence-corrected chi connectivity index (χ4v) is 4.31. The van der Waals surface area contributed by atoms with Crippen molar-refractivity contribution in [3.05, 3.63) is 64.7 Å². The van der Waals surface area contributed by atoms with Crippen LogP contribution in [0.15, 0.2) is 48.5 Å². The number of alkyl carbamates (subject to hydrolysis) is 1. The number of anilines is 3. The van der Waals surface area contributed by atoms with Crippen LogP contribution in [-0.4, -0.2) is 71.0 Å². The number of nitrogens with one attached hydrogen (secondary N) is 4. The van der Waals surface area contributed by atoms with Crippen LogP contribution in [0.25, 0.3) is 0 Å². The average molecular weight is 680 g/mol. The lowest BCUT2D eigenvalue weighted by Gasteiger charge is -2.21. The zero-order valence-electron chi connectivity index (χ0n) is 25.8. The number of hydrogen-bond donors (Lipinski definition) is 4. The highest BCUT2D eigenvalue weighted by Gasteiger charge is 2.45. The molecule has 47 heavy (non-hydrogen) atoms. The quantitative estimate of drug-likeness (QED) is 0.188. The van der Waals surface area contributed by atoms with Crippen LogP contribution < -0.4 is 26.0 Å². The molecule has 0 radical (unpaired) electrons. The number of ether oxygens (including phenoxy) is 3. The van der Waals surface area contributed by atoms with Crippen molar-refractivity contribution in [3.8, 4) is 6.01 Å². The van der Waals surface area contributed by atoms with Gasteiger partial charge in [-0.05, 0) is 75.6 Å². The van der Waals surface area contributed by atoms with E-state index in [2.05, 4.69) is 36.2 Å². The van der Waals surface area contributed by atoms with Crippen molar-refractivity contribution in [1.29, 1.82) is 0 Å². The van der Waals surface area contributed by atoms with E-state index in [0.717, 1.165) is 25.5 Å². The maximum atomic E-state index is 12.9. The number of nitrogens with zero attached hydrogens (tertiary/aromatic N) is 3. The van der Waals surface area contributed by atoms with Crippen LogP contribution in [0.5, 0.6) is 6.01 Å². The van der Waals surface area contributed by atoms with Crippen molar-refractivity contribution in [3.63, 3.8) is 0 Å². The van der Waals surface area contributed by atoms with Crippen LogP contribution in [0.2, 0.25) is 5.02 Å². The van der Waals surface area contributed by atoms with Gasteiger partial charge in [0.25, 0.3) is 5.91 Å². The fraction of sp³-hybridized carbons (Fsp3) is 0.400. The Bertz CT molecular complexity index is 1580. The van der Waals surface area contributed by atoms with Crippen molar-refractivity contribution in [1.82, 2.24) is 25.6 Å². The number of alkyl halides is 3. The number of carbonyl (C=O) groups is 3. The number of hydrogen-bond acceptors (Lipinski definition) is 11. The first-order valence-electron chi connectivity index (χ1n) is 14.3. The molecule has 0 aliphatic heterocycles. The summed E-state index contributed by atoms with van der Waals surface area (Å²) in [6.45, 7) is 3.12. The van der Waals surface area contributed by atoms with E-state index < -0.39 is 53.9 Å². The first-order valence-corrected chi connectivity index (χ1v) is 14.6. The minimum atomic E-state index is -4.62. The molecular formula is C30H33ClF3N7O6. The number of halogens is 4. The third-order valence-electron chi connectivity index (χ3n) is 6.52. The largest absolute Gasteiger partial charge is 0.467 e. The van der Waals surface area contributed by atoms with Crippen LogP contribution in [0.1, 0.15) is 49.5 Å². The van der Waals surface area contributed by atoms with Crippen molar-refractivity contribution < 1.29 is 41.8 Å².